The van der Waals surface area contributed by atoms with Crippen LogP contribution in [0, 0.1) is 0 Å². The number of nitrogens with zero attached hydrogens (tertiary/aromatic N) is 1. The molecule has 26 heavy (non-hydrogen) atoms. The smallest absolute Gasteiger partial charge is 0.312 e. The first-order valence-corrected chi connectivity index (χ1v) is 8.72. The second-order valence-electron chi connectivity index (χ2n) is 6.75. The van der Waals surface area contributed by atoms with Crippen molar-refractivity contribution >= 4 is 11.9 Å². The highest BCUT2D eigenvalue weighted by Crippen LogP contribution is 2.30. The molecule has 5 heteroatoms. The molecule has 0 saturated heterocycles. The Kier molecular flexibility index (Phi) is 5.26. The number of methoxy groups -OCH3 is 1. The summed E-state index contributed by atoms with van der Waals surface area (Å²) in [6.07, 6.45) is 0.335. The van der Waals surface area contributed by atoms with Crippen LogP contribution >= 0.6 is 0 Å². The van der Waals surface area contributed by atoms with Crippen molar-refractivity contribution in [2.24, 2.45) is 0 Å². The van der Waals surface area contributed by atoms with E-state index in [4.69, 9.17) is 4.74 Å². The van der Waals surface area contributed by atoms with Gasteiger partial charge >= 0.3 is 5.97 Å². The average Bonchev–Trinajstić information content (AvgIpc) is 2.66. The van der Waals surface area contributed by atoms with Gasteiger partial charge in [0.05, 0.1) is 13.0 Å². The van der Waals surface area contributed by atoms with Crippen LogP contribution in [0.25, 0.3) is 0 Å². The van der Waals surface area contributed by atoms with E-state index in [0.717, 1.165) is 22.4 Å². The summed E-state index contributed by atoms with van der Waals surface area (Å²) in [5, 5.41) is 9.55. The van der Waals surface area contributed by atoms with E-state index >= 15 is 0 Å². The Hall–Kier alpha value is -2.82. The Morgan fingerprint density at radius 3 is 2.73 bits per heavy atom. The highest BCUT2D eigenvalue weighted by molar-refractivity contribution is 5.82. The number of benzene rings is 2. The lowest BCUT2D eigenvalue weighted by molar-refractivity contribution is -0.141. The summed E-state index contributed by atoms with van der Waals surface area (Å²) >= 11 is 0. The molecule has 2 aromatic carbocycles. The van der Waals surface area contributed by atoms with E-state index in [0.29, 0.717) is 13.0 Å². The zero-order valence-corrected chi connectivity index (χ0v) is 15.0. The molecule has 2 unspecified atom stereocenters. The SMILES string of the molecule is COc1cccc(C(C)CC(=O)N2Cc3ccccc3C(C(=O)O)C2)c1. The number of amides is 1. The lowest BCUT2D eigenvalue weighted by Crippen LogP contribution is -2.40. The molecule has 0 saturated carbocycles. The van der Waals surface area contributed by atoms with Crippen LogP contribution in [0.4, 0.5) is 0 Å². The largest absolute Gasteiger partial charge is 0.497 e. The van der Waals surface area contributed by atoms with Gasteiger partial charge in [-0.1, -0.05) is 43.3 Å². The van der Waals surface area contributed by atoms with Crippen LogP contribution in [-0.2, 0) is 16.1 Å². The molecule has 136 valence electrons. The maximum Gasteiger partial charge on any atom is 0.312 e. The number of hydrogen-bond donors (Lipinski definition) is 1. The fourth-order valence-electron chi connectivity index (χ4n) is 3.47. The Morgan fingerprint density at radius 2 is 2.00 bits per heavy atom. The number of carbonyl (C=O) groups is 2. The van der Waals surface area contributed by atoms with Gasteiger partial charge in [-0.25, -0.2) is 0 Å². The van der Waals surface area contributed by atoms with Crippen molar-refractivity contribution in [3.8, 4) is 5.75 Å². The van der Waals surface area contributed by atoms with Gasteiger partial charge in [-0.3, -0.25) is 9.59 Å². The van der Waals surface area contributed by atoms with Gasteiger partial charge in [0, 0.05) is 19.5 Å². The lowest BCUT2D eigenvalue weighted by atomic mass is 9.89. The lowest BCUT2D eigenvalue weighted by Gasteiger charge is -2.33. The molecule has 1 aliphatic rings. The summed E-state index contributed by atoms with van der Waals surface area (Å²) < 4.78 is 5.25. The second kappa shape index (κ2) is 7.60. The first-order valence-electron chi connectivity index (χ1n) is 8.72. The molecule has 2 aromatic rings. The zero-order valence-electron chi connectivity index (χ0n) is 15.0. The normalized spacial score (nSPS) is 17.3. The molecule has 0 radical (unpaired) electrons. The van der Waals surface area contributed by atoms with Crippen molar-refractivity contribution in [1.29, 1.82) is 0 Å². The number of rotatable bonds is 5. The minimum absolute atomic E-state index is 0.0260. The fraction of sp³-hybridized carbons (Fsp3) is 0.333. The second-order valence-corrected chi connectivity index (χ2v) is 6.75. The highest BCUT2D eigenvalue weighted by Gasteiger charge is 2.32. The molecule has 0 spiro atoms. The van der Waals surface area contributed by atoms with Crippen molar-refractivity contribution in [1.82, 2.24) is 4.90 Å². The van der Waals surface area contributed by atoms with E-state index < -0.39 is 11.9 Å². The van der Waals surface area contributed by atoms with Gasteiger partial charge in [0.1, 0.15) is 5.75 Å². The summed E-state index contributed by atoms with van der Waals surface area (Å²) in [7, 11) is 1.62. The van der Waals surface area contributed by atoms with Crippen molar-refractivity contribution in [3.63, 3.8) is 0 Å². The Morgan fingerprint density at radius 1 is 1.23 bits per heavy atom. The van der Waals surface area contributed by atoms with E-state index in [2.05, 4.69) is 0 Å². The van der Waals surface area contributed by atoms with Crippen molar-refractivity contribution < 1.29 is 19.4 Å². The average molecular weight is 353 g/mol. The van der Waals surface area contributed by atoms with Crippen molar-refractivity contribution in [2.75, 3.05) is 13.7 Å². The Labute approximate surface area is 153 Å². The van der Waals surface area contributed by atoms with Crippen molar-refractivity contribution in [3.05, 3.63) is 65.2 Å². The summed E-state index contributed by atoms with van der Waals surface area (Å²) in [5.74, 6) is -0.800. The van der Waals surface area contributed by atoms with Crippen LogP contribution in [0.3, 0.4) is 0 Å². The monoisotopic (exact) mass is 353 g/mol. The van der Waals surface area contributed by atoms with Crippen LogP contribution in [0.1, 0.15) is 41.9 Å². The third-order valence-corrected chi connectivity index (χ3v) is 4.99. The highest BCUT2D eigenvalue weighted by atomic mass is 16.5. The first-order chi connectivity index (χ1) is 12.5. The predicted octanol–water partition coefficient (Wildman–Crippen LogP) is 3.40. The third kappa shape index (κ3) is 3.72. The summed E-state index contributed by atoms with van der Waals surface area (Å²) in [6, 6.07) is 15.2. The number of carboxylic acids is 1. The minimum Gasteiger partial charge on any atom is -0.497 e. The molecule has 0 bridgehead atoms. The molecule has 5 nitrogen and oxygen atoms in total. The van der Waals surface area contributed by atoms with Gasteiger partial charge in [-0.15, -0.1) is 0 Å². The van der Waals surface area contributed by atoms with Crippen molar-refractivity contribution in [2.45, 2.75) is 31.7 Å². The van der Waals surface area contributed by atoms with Gasteiger partial charge in [-0.05, 0) is 34.7 Å². The molecule has 3 rings (SSSR count). The molecule has 0 aromatic heterocycles. The summed E-state index contributed by atoms with van der Waals surface area (Å²) in [6.45, 7) is 2.68. The van der Waals surface area contributed by atoms with E-state index in [9.17, 15) is 14.7 Å². The maximum absolute atomic E-state index is 12.8. The van der Waals surface area contributed by atoms with Gasteiger partial charge in [0.15, 0.2) is 0 Å². The molecule has 2 atom stereocenters. The molecular weight excluding hydrogens is 330 g/mol. The zero-order chi connectivity index (χ0) is 18.7. The van der Waals surface area contributed by atoms with E-state index in [1.165, 1.54) is 0 Å². The van der Waals surface area contributed by atoms with Crippen LogP contribution < -0.4 is 4.74 Å². The number of ether oxygens (including phenoxy) is 1. The maximum atomic E-state index is 12.8. The molecule has 1 amide bonds. The summed E-state index contributed by atoms with van der Waals surface area (Å²) in [4.78, 5) is 26.1. The minimum atomic E-state index is -0.893. The number of carbonyl (C=O) groups excluding carboxylic acids is 1. The Balaban J connectivity index is 1.75. The van der Waals surface area contributed by atoms with Gasteiger partial charge < -0.3 is 14.7 Å². The third-order valence-electron chi connectivity index (χ3n) is 4.99. The number of hydrogen-bond acceptors (Lipinski definition) is 3. The van der Waals surface area contributed by atoms with Gasteiger partial charge in [0.25, 0.3) is 0 Å². The molecule has 0 fully saturated rings. The van der Waals surface area contributed by atoms with E-state index in [1.54, 1.807) is 12.0 Å². The molecule has 1 aliphatic heterocycles. The van der Waals surface area contributed by atoms with Gasteiger partial charge in [-0.2, -0.15) is 0 Å². The van der Waals surface area contributed by atoms with Gasteiger partial charge in [0.2, 0.25) is 5.91 Å². The van der Waals surface area contributed by atoms with Crippen LogP contribution in [-0.4, -0.2) is 35.5 Å². The van der Waals surface area contributed by atoms with Crippen LogP contribution in [0.15, 0.2) is 48.5 Å². The molecule has 1 N–H and O–H groups in total. The van der Waals surface area contributed by atoms with E-state index in [-0.39, 0.29) is 18.4 Å². The fourth-order valence-corrected chi connectivity index (χ4v) is 3.47. The first kappa shape index (κ1) is 18.0. The Bertz CT molecular complexity index is 817. The van der Waals surface area contributed by atoms with E-state index in [1.807, 2.05) is 55.5 Å². The number of fused-ring (bicyclic) bond motifs is 1. The number of aliphatic carboxylic acids is 1. The molecule has 1 heterocycles. The molecule has 0 aliphatic carbocycles. The van der Waals surface area contributed by atoms with Crippen LogP contribution in [0.5, 0.6) is 5.75 Å². The predicted molar refractivity (Wildman–Crippen MR) is 98.3 cm³/mol. The summed E-state index contributed by atoms with van der Waals surface area (Å²) in [5.41, 5.74) is 2.75. The standard InChI is InChI=1S/C21H23NO4/c1-14(15-7-5-8-17(11-15)26-2)10-20(23)22-12-16-6-3-4-9-18(16)19(13-22)21(24)25/h3-9,11,14,19H,10,12-13H2,1-2H3,(H,24,25). The quantitative estimate of drug-likeness (QED) is 0.895. The van der Waals surface area contributed by atoms with Crippen LogP contribution in [0.2, 0.25) is 0 Å². The molecular formula is C21H23NO4. The topological polar surface area (TPSA) is 66.8 Å². The number of carboxylic acid groups (broad SMARTS) is 1.